The van der Waals surface area contributed by atoms with Gasteiger partial charge in [0.1, 0.15) is 0 Å². The molecule has 5 nitrogen and oxygen atoms in total. The number of nitro benzene ring substituents is 1. The van der Waals surface area contributed by atoms with Crippen LogP contribution in [0, 0.1) is 10.1 Å². The predicted molar refractivity (Wildman–Crippen MR) is 87.1 cm³/mol. The quantitative estimate of drug-likeness (QED) is 0.695. The molecule has 0 spiro atoms. The van der Waals surface area contributed by atoms with Crippen molar-refractivity contribution in [1.29, 1.82) is 0 Å². The Kier molecular flexibility index (Phi) is 4.06. The highest BCUT2D eigenvalue weighted by Gasteiger charge is 2.21. The zero-order valence-electron chi connectivity index (χ0n) is 12.3. The molecular formula is C17H19N3O2. The zero-order chi connectivity index (χ0) is 15.5. The number of nitrogens with two attached hydrogens (primary N) is 1. The lowest BCUT2D eigenvalue weighted by atomic mass is 9.98. The molecule has 0 saturated carbocycles. The van der Waals surface area contributed by atoms with Gasteiger partial charge in [-0.2, -0.15) is 0 Å². The fourth-order valence-corrected chi connectivity index (χ4v) is 2.98. The summed E-state index contributed by atoms with van der Waals surface area (Å²) >= 11 is 0. The number of para-hydroxylation sites is 1. The van der Waals surface area contributed by atoms with Crippen LogP contribution < -0.4 is 10.6 Å². The minimum absolute atomic E-state index is 0.133. The van der Waals surface area contributed by atoms with Gasteiger partial charge in [-0.05, 0) is 30.0 Å². The van der Waals surface area contributed by atoms with Crippen LogP contribution in [0.4, 0.5) is 11.4 Å². The van der Waals surface area contributed by atoms with Gasteiger partial charge in [0.15, 0.2) is 0 Å². The highest BCUT2D eigenvalue weighted by molar-refractivity contribution is 5.56. The van der Waals surface area contributed by atoms with Crippen LogP contribution in [-0.4, -0.2) is 24.1 Å². The molecule has 0 aliphatic carbocycles. The van der Waals surface area contributed by atoms with Crippen molar-refractivity contribution < 1.29 is 4.92 Å². The third kappa shape index (κ3) is 3.09. The molecule has 1 unspecified atom stereocenters. The van der Waals surface area contributed by atoms with Crippen molar-refractivity contribution in [2.24, 2.45) is 5.73 Å². The molecule has 22 heavy (non-hydrogen) atoms. The maximum atomic E-state index is 10.7. The van der Waals surface area contributed by atoms with Crippen molar-refractivity contribution in [2.75, 3.05) is 18.0 Å². The number of rotatable bonds is 4. The first-order valence-electron chi connectivity index (χ1n) is 7.45. The van der Waals surface area contributed by atoms with Crippen LogP contribution in [0.3, 0.4) is 0 Å². The van der Waals surface area contributed by atoms with E-state index in [4.69, 9.17) is 5.73 Å². The molecule has 0 aromatic heterocycles. The van der Waals surface area contributed by atoms with Crippen molar-refractivity contribution >= 4 is 11.4 Å². The number of anilines is 1. The zero-order valence-corrected chi connectivity index (χ0v) is 12.3. The number of benzene rings is 2. The molecule has 1 aliphatic heterocycles. The molecule has 1 atom stereocenters. The van der Waals surface area contributed by atoms with E-state index in [1.54, 1.807) is 12.1 Å². The molecule has 114 valence electrons. The molecule has 0 amide bonds. The van der Waals surface area contributed by atoms with Gasteiger partial charge in [-0.25, -0.2) is 0 Å². The minimum atomic E-state index is -0.371. The second-order valence-electron chi connectivity index (χ2n) is 5.71. The standard InChI is InChI=1S/C17H19N3O2/c18-15-11-14-3-1-2-4-17(14)19(12-15)10-9-13-5-7-16(8-6-13)20(21)22/h1-8,15H,9-12,18H2. The Morgan fingerprint density at radius 1 is 1.18 bits per heavy atom. The molecule has 2 aromatic rings. The van der Waals surface area contributed by atoms with Crippen molar-refractivity contribution in [2.45, 2.75) is 18.9 Å². The van der Waals surface area contributed by atoms with E-state index in [1.165, 1.54) is 11.3 Å². The molecule has 2 aromatic carbocycles. The Morgan fingerprint density at radius 3 is 2.64 bits per heavy atom. The molecule has 3 rings (SSSR count). The normalized spacial score (nSPS) is 17.1. The van der Waals surface area contributed by atoms with E-state index in [0.29, 0.717) is 0 Å². The van der Waals surface area contributed by atoms with Crippen LogP contribution in [0.2, 0.25) is 0 Å². The Labute approximate surface area is 129 Å². The van der Waals surface area contributed by atoms with Gasteiger partial charge in [0, 0.05) is 37.0 Å². The smallest absolute Gasteiger partial charge is 0.269 e. The summed E-state index contributed by atoms with van der Waals surface area (Å²) in [5.41, 5.74) is 9.93. The van der Waals surface area contributed by atoms with Gasteiger partial charge >= 0.3 is 0 Å². The van der Waals surface area contributed by atoms with Gasteiger partial charge in [0.05, 0.1) is 4.92 Å². The minimum Gasteiger partial charge on any atom is -0.369 e. The first-order valence-corrected chi connectivity index (χ1v) is 7.45. The lowest BCUT2D eigenvalue weighted by molar-refractivity contribution is -0.384. The molecule has 5 heteroatoms. The van der Waals surface area contributed by atoms with Gasteiger partial charge in [-0.1, -0.05) is 30.3 Å². The van der Waals surface area contributed by atoms with Gasteiger partial charge < -0.3 is 10.6 Å². The number of hydrogen-bond acceptors (Lipinski definition) is 4. The van der Waals surface area contributed by atoms with E-state index in [0.717, 1.165) is 31.5 Å². The Hall–Kier alpha value is -2.40. The number of fused-ring (bicyclic) bond motifs is 1. The first-order chi connectivity index (χ1) is 10.6. The second-order valence-corrected chi connectivity index (χ2v) is 5.71. The topological polar surface area (TPSA) is 72.4 Å². The van der Waals surface area contributed by atoms with Crippen LogP contribution in [0.15, 0.2) is 48.5 Å². The van der Waals surface area contributed by atoms with Gasteiger partial charge in [0.2, 0.25) is 0 Å². The Balaban J connectivity index is 1.70. The van der Waals surface area contributed by atoms with E-state index < -0.39 is 0 Å². The molecule has 0 bridgehead atoms. The summed E-state index contributed by atoms with van der Waals surface area (Å²) in [6.07, 6.45) is 1.77. The summed E-state index contributed by atoms with van der Waals surface area (Å²) in [6, 6.07) is 15.3. The lowest BCUT2D eigenvalue weighted by Gasteiger charge is -2.34. The van der Waals surface area contributed by atoms with Crippen molar-refractivity contribution in [3.63, 3.8) is 0 Å². The summed E-state index contributed by atoms with van der Waals surface area (Å²) in [4.78, 5) is 12.6. The van der Waals surface area contributed by atoms with Crippen molar-refractivity contribution in [3.8, 4) is 0 Å². The number of nitrogens with zero attached hydrogens (tertiary/aromatic N) is 2. The summed E-state index contributed by atoms with van der Waals surface area (Å²) in [5.74, 6) is 0. The van der Waals surface area contributed by atoms with E-state index in [2.05, 4.69) is 23.1 Å². The first kappa shape index (κ1) is 14.5. The highest BCUT2D eigenvalue weighted by Crippen LogP contribution is 2.26. The summed E-state index contributed by atoms with van der Waals surface area (Å²) in [7, 11) is 0. The van der Waals surface area contributed by atoms with Crippen molar-refractivity contribution in [3.05, 3.63) is 69.8 Å². The fraction of sp³-hybridized carbons (Fsp3) is 0.294. The molecule has 0 saturated heterocycles. The fourth-order valence-electron chi connectivity index (χ4n) is 2.98. The third-order valence-corrected chi connectivity index (χ3v) is 4.09. The predicted octanol–water partition coefficient (Wildman–Crippen LogP) is 2.53. The largest absolute Gasteiger partial charge is 0.369 e. The average molecular weight is 297 g/mol. The number of non-ortho nitro benzene ring substituents is 1. The Morgan fingerprint density at radius 2 is 1.91 bits per heavy atom. The molecule has 0 fully saturated rings. The van der Waals surface area contributed by atoms with Crippen LogP contribution in [0.25, 0.3) is 0 Å². The van der Waals surface area contributed by atoms with Gasteiger partial charge in [-0.3, -0.25) is 10.1 Å². The van der Waals surface area contributed by atoms with E-state index in [1.807, 2.05) is 18.2 Å². The van der Waals surface area contributed by atoms with Crippen LogP contribution in [0.5, 0.6) is 0 Å². The number of hydrogen-bond donors (Lipinski definition) is 1. The van der Waals surface area contributed by atoms with Crippen LogP contribution in [0.1, 0.15) is 11.1 Å². The summed E-state index contributed by atoms with van der Waals surface area (Å²) in [5, 5.41) is 10.7. The van der Waals surface area contributed by atoms with Crippen LogP contribution >= 0.6 is 0 Å². The van der Waals surface area contributed by atoms with Gasteiger partial charge in [-0.15, -0.1) is 0 Å². The molecular weight excluding hydrogens is 278 g/mol. The average Bonchev–Trinajstić information content (AvgIpc) is 2.52. The molecule has 0 radical (unpaired) electrons. The number of nitro groups is 1. The highest BCUT2D eigenvalue weighted by atomic mass is 16.6. The van der Waals surface area contributed by atoms with E-state index >= 15 is 0 Å². The second kappa shape index (κ2) is 6.15. The van der Waals surface area contributed by atoms with E-state index in [-0.39, 0.29) is 16.7 Å². The van der Waals surface area contributed by atoms with E-state index in [9.17, 15) is 10.1 Å². The monoisotopic (exact) mass is 297 g/mol. The third-order valence-electron chi connectivity index (χ3n) is 4.09. The lowest BCUT2D eigenvalue weighted by Crippen LogP contribution is -2.44. The molecule has 1 aliphatic rings. The maximum Gasteiger partial charge on any atom is 0.269 e. The van der Waals surface area contributed by atoms with Crippen LogP contribution in [-0.2, 0) is 12.8 Å². The maximum absolute atomic E-state index is 10.7. The molecule has 2 N–H and O–H groups in total. The SMILES string of the molecule is NC1Cc2ccccc2N(CCc2ccc([N+](=O)[O-])cc2)C1. The summed E-state index contributed by atoms with van der Waals surface area (Å²) in [6.45, 7) is 1.71. The Bertz CT molecular complexity index is 670. The van der Waals surface area contributed by atoms with Crippen molar-refractivity contribution in [1.82, 2.24) is 0 Å². The van der Waals surface area contributed by atoms with Gasteiger partial charge in [0.25, 0.3) is 5.69 Å². The molecule has 1 heterocycles. The summed E-state index contributed by atoms with van der Waals surface area (Å²) < 4.78 is 0.